The molecule has 0 bridgehead atoms. The van der Waals surface area contributed by atoms with E-state index in [1.54, 1.807) is 0 Å². The number of ether oxygens (including phenoxy) is 1. The highest BCUT2D eigenvalue weighted by molar-refractivity contribution is 9.10. The molecule has 0 fully saturated rings. The zero-order valence-electron chi connectivity index (χ0n) is 11.2. The number of hydrogen-bond acceptors (Lipinski definition) is 2. The third kappa shape index (κ3) is 3.02. The maximum Gasteiger partial charge on any atom is 0.119 e. The largest absolute Gasteiger partial charge is 0.493 e. The molecule has 1 heterocycles. The van der Waals surface area contributed by atoms with Crippen LogP contribution in [0.3, 0.4) is 0 Å². The lowest BCUT2D eigenvalue weighted by Crippen LogP contribution is -2.02. The van der Waals surface area contributed by atoms with E-state index in [9.17, 15) is 0 Å². The predicted octanol–water partition coefficient (Wildman–Crippen LogP) is 4.26. The fraction of sp³-hybridized carbons (Fsp3) is 0.188. The summed E-state index contributed by atoms with van der Waals surface area (Å²) < 4.78 is 6.79. The number of H-pyrrole nitrogens is 1. The molecule has 0 aliphatic rings. The van der Waals surface area contributed by atoms with E-state index < -0.39 is 0 Å². The molecule has 0 radical (unpaired) electrons. The predicted molar refractivity (Wildman–Crippen MR) is 84.2 cm³/mol. The highest BCUT2D eigenvalue weighted by Gasteiger charge is 2.03. The second-order valence-corrected chi connectivity index (χ2v) is 5.68. The summed E-state index contributed by atoms with van der Waals surface area (Å²) >= 11 is 3.46. The Morgan fingerprint density at radius 2 is 2.10 bits per heavy atom. The van der Waals surface area contributed by atoms with Gasteiger partial charge in [0.15, 0.2) is 0 Å². The number of halogens is 1. The topological polar surface area (TPSA) is 37.9 Å². The van der Waals surface area contributed by atoms with Crippen molar-refractivity contribution < 1.29 is 4.74 Å². The van der Waals surface area contributed by atoms with Crippen LogP contribution < -0.4 is 4.74 Å². The Bertz CT molecular complexity index is 736. The molecule has 3 aromatic rings. The van der Waals surface area contributed by atoms with Crippen molar-refractivity contribution in [2.75, 3.05) is 6.61 Å². The molecule has 0 aliphatic carbocycles. The van der Waals surface area contributed by atoms with Gasteiger partial charge in [-0.1, -0.05) is 28.1 Å². The van der Waals surface area contributed by atoms with Gasteiger partial charge in [0.2, 0.25) is 0 Å². The number of aromatic amines is 1. The van der Waals surface area contributed by atoms with Crippen molar-refractivity contribution >= 4 is 27.0 Å². The second-order valence-electron chi connectivity index (χ2n) is 4.76. The summed E-state index contributed by atoms with van der Waals surface area (Å²) in [5.41, 5.74) is 3.24. The maximum atomic E-state index is 5.74. The average Bonchev–Trinajstić information content (AvgIpc) is 2.80. The smallest absolute Gasteiger partial charge is 0.119 e. The molecular formula is C16H15BrN2O. The number of nitrogens with one attached hydrogen (secondary N) is 1. The monoisotopic (exact) mass is 330 g/mol. The normalized spacial score (nSPS) is 10.9. The number of aryl methyl sites for hydroxylation is 1. The lowest BCUT2D eigenvalue weighted by atomic mass is 10.2. The zero-order chi connectivity index (χ0) is 13.9. The van der Waals surface area contributed by atoms with E-state index in [2.05, 4.69) is 38.9 Å². The first-order valence-electron chi connectivity index (χ1n) is 6.54. The maximum absolute atomic E-state index is 5.74. The molecule has 3 nitrogen and oxygen atoms in total. The van der Waals surface area contributed by atoms with E-state index in [0.717, 1.165) is 33.5 Å². The van der Waals surface area contributed by atoms with Gasteiger partial charge in [0, 0.05) is 10.9 Å². The van der Waals surface area contributed by atoms with E-state index in [1.165, 1.54) is 5.56 Å². The van der Waals surface area contributed by atoms with Crippen molar-refractivity contribution in [1.29, 1.82) is 0 Å². The van der Waals surface area contributed by atoms with Gasteiger partial charge in [-0.15, -0.1) is 0 Å². The van der Waals surface area contributed by atoms with E-state index in [0.29, 0.717) is 6.61 Å². The molecular weight excluding hydrogens is 316 g/mol. The van der Waals surface area contributed by atoms with Gasteiger partial charge < -0.3 is 9.72 Å². The summed E-state index contributed by atoms with van der Waals surface area (Å²) in [6, 6.07) is 14.1. The minimum Gasteiger partial charge on any atom is -0.493 e. The third-order valence-electron chi connectivity index (χ3n) is 3.09. The third-order valence-corrected chi connectivity index (χ3v) is 3.58. The Labute approximate surface area is 126 Å². The minimum atomic E-state index is 0.616. The van der Waals surface area contributed by atoms with E-state index in [-0.39, 0.29) is 0 Å². The van der Waals surface area contributed by atoms with E-state index in [1.807, 2.05) is 36.4 Å². The van der Waals surface area contributed by atoms with E-state index >= 15 is 0 Å². The molecule has 1 aromatic heterocycles. The second kappa shape index (κ2) is 5.67. The fourth-order valence-corrected chi connectivity index (χ4v) is 2.48. The standard InChI is InChI=1S/C16H15BrN2O/c1-11-3-2-4-13(9-11)20-8-7-16-18-14-6-5-12(17)10-15(14)19-16/h2-6,9-10H,7-8H2,1H3,(H,18,19). The summed E-state index contributed by atoms with van der Waals surface area (Å²) in [7, 11) is 0. The van der Waals surface area contributed by atoms with Crippen molar-refractivity contribution in [3.05, 3.63) is 58.3 Å². The van der Waals surface area contributed by atoms with Gasteiger partial charge in [0.05, 0.1) is 17.6 Å². The van der Waals surface area contributed by atoms with Crippen LogP contribution in [0.15, 0.2) is 46.9 Å². The van der Waals surface area contributed by atoms with Crippen LogP contribution >= 0.6 is 15.9 Å². The van der Waals surface area contributed by atoms with Gasteiger partial charge in [0.25, 0.3) is 0 Å². The van der Waals surface area contributed by atoms with Crippen LogP contribution in [0, 0.1) is 6.92 Å². The molecule has 3 rings (SSSR count). The molecule has 0 amide bonds. The minimum absolute atomic E-state index is 0.616. The molecule has 0 spiro atoms. The lowest BCUT2D eigenvalue weighted by molar-refractivity contribution is 0.319. The summed E-state index contributed by atoms with van der Waals surface area (Å²) in [4.78, 5) is 7.86. The van der Waals surface area contributed by atoms with E-state index in [4.69, 9.17) is 4.74 Å². The number of fused-ring (bicyclic) bond motifs is 1. The molecule has 20 heavy (non-hydrogen) atoms. The summed E-state index contributed by atoms with van der Waals surface area (Å²) in [5, 5.41) is 0. The highest BCUT2D eigenvalue weighted by atomic mass is 79.9. The van der Waals surface area contributed by atoms with Gasteiger partial charge in [-0.25, -0.2) is 4.98 Å². The SMILES string of the molecule is Cc1cccc(OCCc2nc3ccc(Br)cc3[nH]2)c1. The number of imidazole rings is 1. The Balaban J connectivity index is 1.65. The number of hydrogen-bond donors (Lipinski definition) is 1. The first-order valence-corrected chi connectivity index (χ1v) is 7.33. The van der Waals surface area contributed by atoms with Crippen LogP contribution in [-0.4, -0.2) is 16.6 Å². The van der Waals surface area contributed by atoms with Gasteiger partial charge in [-0.2, -0.15) is 0 Å². The quantitative estimate of drug-likeness (QED) is 0.776. The van der Waals surface area contributed by atoms with Crippen molar-refractivity contribution in [3.63, 3.8) is 0 Å². The van der Waals surface area contributed by atoms with Gasteiger partial charge in [0.1, 0.15) is 11.6 Å². The molecule has 102 valence electrons. The van der Waals surface area contributed by atoms with Crippen LogP contribution in [0.2, 0.25) is 0 Å². The molecule has 2 aromatic carbocycles. The Hall–Kier alpha value is -1.81. The molecule has 0 saturated heterocycles. The Kier molecular flexibility index (Phi) is 3.74. The average molecular weight is 331 g/mol. The molecule has 0 unspecified atom stereocenters. The summed E-state index contributed by atoms with van der Waals surface area (Å²) in [6.45, 7) is 2.68. The van der Waals surface area contributed by atoms with Gasteiger partial charge in [-0.05, 0) is 42.8 Å². The summed E-state index contributed by atoms with van der Waals surface area (Å²) in [6.07, 6.45) is 0.764. The van der Waals surface area contributed by atoms with Crippen molar-refractivity contribution in [1.82, 2.24) is 9.97 Å². The van der Waals surface area contributed by atoms with Crippen LogP contribution in [-0.2, 0) is 6.42 Å². The lowest BCUT2D eigenvalue weighted by Gasteiger charge is -2.05. The molecule has 4 heteroatoms. The van der Waals surface area contributed by atoms with Crippen molar-refractivity contribution in [3.8, 4) is 5.75 Å². The van der Waals surface area contributed by atoms with Crippen LogP contribution in [0.5, 0.6) is 5.75 Å². The fourth-order valence-electron chi connectivity index (χ4n) is 2.12. The number of rotatable bonds is 4. The number of benzene rings is 2. The molecule has 1 N–H and O–H groups in total. The first-order chi connectivity index (χ1) is 9.70. The molecule has 0 aliphatic heterocycles. The molecule has 0 atom stereocenters. The first kappa shape index (κ1) is 13.2. The van der Waals surface area contributed by atoms with Gasteiger partial charge in [-0.3, -0.25) is 0 Å². The van der Waals surface area contributed by atoms with Gasteiger partial charge >= 0.3 is 0 Å². The Morgan fingerprint density at radius 1 is 1.20 bits per heavy atom. The van der Waals surface area contributed by atoms with Crippen molar-refractivity contribution in [2.24, 2.45) is 0 Å². The van der Waals surface area contributed by atoms with Crippen molar-refractivity contribution in [2.45, 2.75) is 13.3 Å². The highest BCUT2D eigenvalue weighted by Crippen LogP contribution is 2.18. The zero-order valence-corrected chi connectivity index (χ0v) is 12.8. The number of aromatic nitrogens is 2. The Morgan fingerprint density at radius 3 is 2.95 bits per heavy atom. The van der Waals surface area contributed by atoms with Crippen LogP contribution in [0.4, 0.5) is 0 Å². The molecule has 0 saturated carbocycles. The van der Waals surface area contributed by atoms with Crippen LogP contribution in [0.25, 0.3) is 11.0 Å². The number of nitrogens with zero attached hydrogens (tertiary/aromatic N) is 1. The van der Waals surface area contributed by atoms with Crippen LogP contribution in [0.1, 0.15) is 11.4 Å². The summed E-state index contributed by atoms with van der Waals surface area (Å²) in [5.74, 6) is 1.86.